The Morgan fingerprint density at radius 2 is 1.17 bits per heavy atom. The summed E-state index contributed by atoms with van der Waals surface area (Å²) in [5, 5.41) is 28.8. The standard InChI is InChI=1S/C31H39N7O3S.C29H36N8O5S.C29H35N7O5S/c1-3-20(4-2)26-15-21-16-33-31(36-23-11-9-22(10-12-23)35-24-13-14-32-17-24)37-28(21)38(30(26)39)18-27-29(34-19-41-27)42(40)25-7-5-6-8-25;1-19(36(4)5)24-14-20-15-31-29(33-21-6-8-22(9-7-21)42-23-10-11-30-16-23)34-26(20)37(27(24)38)17-25-28(41-18-32-25)43(39,40)13-12-35(2)3;1-19(2)20(3)25-15-21-16-31-29(33-23-5-7-24(8-6-23)35-11-9-30-10-12-35)34-26(21)36(27(25)37)18-22-17-32-41-28(22)42(38,39)14-13-40-4/h9-12,15-16,19-20,24-25,32,35H,3-8,13-14,17-18H2,1-2H3,(H,33,36,37);6-9,14-15,18,23,30H,1,10-13,16-17H2,2-5H3,(H,31,33,34);5-8,15-17,19,30H,3,9-14,18H2,1-2,4H3,(H,31,33,34). The zero-order chi connectivity index (χ0) is 89.6. The van der Waals surface area contributed by atoms with Crippen molar-refractivity contribution in [3.8, 4) is 5.75 Å². The third kappa shape index (κ3) is 22.0. The molecule has 12 heterocycles. The van der Waals surface area contributed by atoms with Crippen LogP contribution in [0, 0.1) is 5.92 Å². The molecule has 38 heteroatoms. The SMILES string of the molecule is C=C(c1cc2cnc(Nc3ccc(N4CCNCC4)cc3)nc2n(Cc2cnoc2S(=O)(=O)CCOC)c1=O)C(C)C.C=C(c1cc2cnc(Nc3ccc(OC4CCNC4)cc3)nc2n(Cc2ncoc2S(=O)(=O)CCN(C)C)c1=O)N(C)C.CCC(CC)c1cc2cnc(Nc3ccc(NC4CCNC4)cc3)nc2n(Cc2ocnc2S(=O)C2CCCC2)c1=O. The number of oxazole rings is 2. The van der Waals surface area contributed by atoms with Crippen molar-refractivity contribution in [2.45, 2.75) is 137 Å². The van der Waals surface area contributed by atoms with Crippen LogP contribution in [0.5, 0.6) is 5.75 Å². The Balaban J connectivity index is 0.000000154. The molecule has 3 saturated heterocycles. The van der Waals surface area contributed by atoms with Crippen molar-refractivity contribution in [3.63, 3.8) is 0 Å². The summed E-state index contributed by atoms with van der Waals surface area (Å²) in [7, 11) is -0.355. The number of sulfone groups is 2. The molecule has 3 aromatic carbocycles. The second-order valence-corrected chi connectivity index (χ2v) is 38.3. The van der Waals surface area contributed by atoms with Gasteiger partial charge in [0, 0.05) is 158 Å². The number of benzene rings is 3. The fourth-order valence-corrected chi connectivity index (χ4v) is 19.8. The van der Waals surface area contributed by atoms with Gasteiger partial charge in [-0.1, -0.05) is 58.9 Å². The summed E-state index contributed by atoms with van der Waals surface area (Å²) in [5.41, 5.74) is 7.76. The zero-order valence-corrected chi connectivity index (χ0v) is 75.4. The van der Waals surface area contributed by atoms with E-state index >= 15 is 0 Å². The number of hydrogen-bond donors (Lipinski definition) is 7. The van der Waals surface area contributed by atoms with Gasteiger partial charge in [0.2, 0.25) is 42.6 Å². The van der Waals surface area contributed by atoms with Crippen LogP contribution in [0.3, 0.4) is 0 Å². The lowest BCUT2D eigenvalue weighted by Gasteiger charge is -2.29. The van der Waals surface area contributed by atoms with Gasteiger partial charge in [-0.05, 0) is 174 Å². The summed E-state index contributed by atoms with van der Waals surface area (Å²) in [6.45, 7) is 23.9. The lowest BCUT2D eigenvalue weighted by Crippen LogP contribution is -2.43. The molecule has 3 aliphatic heterocycles. The van der Waals surface area contributed by atoms with Gasteiger partial charge >= 0.3 is 0 Å². The van der Waals surface area contributed by atoms with E-state index in [-0.39, 0.29) is 99.4 Å². The molecular weight excluding hydrogens is 1680 g/mol. The molecule has 672 valence electrons. The van der Waals surface area contributed by atoms with Crippen molar-refractivity contribution >= 4 is 121 Å². The fourth-order valence-electron chi connectivity index (χ4n) is 15.6. The van der Waals surface area contributed by atoms with Crippen molar-refractivity contribution < 1.29 is 43.9 Å². The molecule has 3 unspecified atom stereocenters. The number of nitrogens with zero attached hydrogens (tertiary/aromatic N) is 15. The van der Waals surface area contributed by atoms with E-state index in [1.165, 1.54) is 28.8 Å². The molecule has 12 aromatic rings. The number of hydrogen-bond acceptors (Lipinski definition) is 32. The van der Waals surface area contributed by atoms with Gasteiger partial charge in [0.25, 0.3) is 21.8 Å². The van der Waals surface area contributed by atoms with Gasteiger partial charge in [-0.3, -0.25) is 32.3 Å². The monoisotopic (exact) mass is 1790 g/mol. The van der Waals surface area contributed by atoms with E-state index in [9.17, 15) is 35.4 Å². The number of allylic oxidation sites excluding steroid dienone is 1. The highest BCUT2D eigenvalue weighted by atomic mass is 32.2. The number of methoxy groups -OCH3 is 1. The second-order valence-electron chi connectivity index (χ2n) is 32.6. The van der Waals surface area contributed by atoms with E-state index in [1.54, 1.807) is 73.3 Å². The van der Waals surface area contributed by atoms with Crippen molar-refractivity contribution in [2.24, 2.45) is 5.92 Å². The van der Waals surface area contributed by atoms with Crippen LogP contribution in [0.1, 0.15) is 119 Å². The normalized spacial score (nSPS) is 15.8. The Hall–Kier alpha value is -11.9. The number of nitrogens with one attached hydrogen (secondary N) is 7. The van der Waals surface area contributed by atoms with Crippen LogP contribution in [0.4, 0.5) is 46.3 Å². The number of pyridine rings is 3. The van der Waals surface area contributed by atoms with Crippen molar-refractivity contribution in [3.05, 3.63) is 206 Å². The number of aromatic nitrogens is 12. The molecule has 35 nitrogen and oxygen atoms in total. The maximum Gasteiger partial charge on any atom is 0.261 e. The maximum absolute atomic E-state index is 14.0. The van der Waals surface area contributed by atoms with Crippen molar-refractivity contribution in [1.29, 1.82) is 0 Å². The van der Waals surface area contributed by atoms with Crippen molar-refractivity contribution in [1.82, 2.24) is 84.5 Å². The highest BCUT2D eigenvalue weighted by Crippen LogP contribution is 2.33. The molecule has 3 atom stereocenters. The molecule has 7 N–H and O–H groups in total. The Bertz CT molecular complexity index is 6330. The average molecular weight is 1790 g/mol. The first-order chi connectivity index (χ1) is 61.2. The van der Waals surface area contributed by atoms with Crippen LogP contribution in [0.15, 0.2) is 185 Å². The maximum atomic E-state index is 14.0. The third-order valence-corrected chi connectivity index (χ3v) is 27.9. The summed E-state index contributed by atoms with van der Waals surface area (Å²) in [5.74, 6) is 1.83. The van der Waals surface area contributed by atoms with E-state index in [0.717, 1.165) is 155 Å². The third-order valence-electron chi connectivity index (χ3n) is 22.9. The van der Waals surface area contributed by atoms with Crippen LogP contribution in [0.25, 0.3) is 44.4 Å². The minimum Gasteiger partial charge on any atom is -0.489 e. The fraction of sp³-hybridized carbons (Fsp3) is 0.416. The van der Waals surface area contributed by atoms with Crippen LogP contribution in [-0.2, 0) is 54.8 Å². The van der Waals surface area contributed by atoms with E-state index < -0.39 is 36.0 Å². The molecule has 0 amide bonds. The van der Waals surface area contributed by atoms with Crippen LogP contribution < -0.4 is 63.5 Å². The predicted octanol–water partition coefficient (Wildman–Crippen LogP) is 10.5. The molecule has 9 aromatic heterocycles. The summed E-state index contributed by atoms with van der Waals surface area (Å²) >= 11 is 0. The van der Waals surface area contributed by atoms with E-state index in [2.05, 4.69) is 109 Å². The smallest absolute Gasteiger partial charge is 0.261 e. The summed E-state index contributed by atoms with van der Waals surface area (Å²) in [6, 6.07) is 29.3. The minimum atomic E-state index is -3.84. The largest absolute Gasteiger partial charge is 0.489 e. The first kappa shape index (κ1) is 91.3. The summed E-state index contributed by atoms with van der Waals surface area (Å²) in [4.78, 5) is 83.7. The van der Waals surface area contributed by atoms with Gasteiger partial charge in [-0.15, -0.1) is 0 Å². The molecule has 4 aliphatic rings. The van der Waals surface area contributed by atoms with E-state index in [1.807, 2.05) is 92.7 Å². The number of fused-ring (bicyclic) bond motifs is 3. The average Bonchev–Trinajstić information content (AvgIpc) is 1.46. The number of rotatable bonds is 34. The first-order valence-electron chi connectivity index (χ1n) is 42.7. The minimum absolute atomic E-state index is 0.00643. The molecule has 1 saturated carbocycles. The van der Waals surface area contributed by atoms with Crippen LogP contribution in [0.2, 0.25) is 0 Å². The molecule has 4 fully saturated rings. The van der Waals surface area contributed by atoms with Gasteiger partial charge in [-0.25, -0.2) is 41.8 Å². The van der Waals surface area contributed by atoms with Gasteiger partial charge in [-0.2, -0.15) is 15.0 Å². The van der Waals surface area contributed by atoms with Crippen LogP contribution >= 0.6 is 0 Å². The highest BCUT2D eigenvalue weighted by molar-refractivity contribution is 7.91. The molecule has 16 rings (SSSR count). The Morgan fingerprint density at radius 3 is 1.74 bits per heavy atom. The van der Waals surface area contributed by atoms with E-state index in [0.29, 0.717) is 85.4 Å². The molecule has 0 bridgehead atoms. The quantitative estimate of drug-likeness (QED) is 0.0197. The number of anilines is 8. The van der Waals surface area contributed by atoms with E-state index in [4.69, 9.17) is 27.8 Å². The summed E-state index contributed by atoms with van der Waals surface area (Å²) in [6.07, 6.45) is 16.6. The molecule has 127 heavy (non-hydrogen) atoms. The van der Waals surface area contributed by atoms with Gasteiger partial charge in [0.1, 0.15) is 34.5 Å². The predicted molar refractivity (Wildman–Crippen MR) is 492 cm³/mol. The van der Waals surface area contributed by atoms with Crippen LogP contribution in [-0.4, -0.2) is 219 Å². The number of piperazine rings is 1. The van der Waals surface area contributed by atoms with Gasteiger partial charge in [0.05, 0.1) is 65.9 Å². The van der Waals surface area contributed by atoms with Gasteiger partial charge < -0.3 is 74.7 Å². The summed E-state index contributed by atoms with van der Waals surface area (Å²) < 4.78 is 96.9. The molecule has 0 spiro atoms. The first-order valence-corrected chi connectivity index (χ1v) is 47.2. The second kappa shape index (κ2) is 41.2. The lowest BCUT2D eigenvalue weighted by atomic mass is 9.94. The highest BCUT2D eigenvalue weighted by Gasteiger charge is 2.32. The Morgan fingerprint density at radius 1 is 0.614 bits per heavy atom. The molecular formula is C89H110N22O13S3. The zero-order valence-electron chi connectivity index (χ0n) is 72.9. The molecule has 1 aliphatic carbocycles. The topological polar surface area (TPSA) is 419 Å². The Kier molecular flexibility index (Phi) is 29.7. The van der Waals surface area contributed by atoms with Crippen molar-refractivity contribution in [2.75, 3.05) is 138 Å². The Labute approximate surface area is 739 Å². The molecule has 0 radical (unpaired) electrons. The number of ether oxygens (including phenoxy) is 2. The lowest BCUT2D eigenvalue weighted by molar-refractivity contribution is 0.216. The van der Waals surface area contributed by atoms with Gasteiger partial charge in [0.15, 0.2) is 23.6 Å².